The van der Waals surface area contributed by atoms with E-state index in [9.17, 15) is 17.6 Å². The van der Waals surface area contributed by atoms with Gasteiger partial charge in [-0.25, -0.2) is 12.8 Å². The molecule has 1 amide bonds. The molecule has 2 fully saturated rings. The van der Waals surface area contributed by atoms with Crippen LogP contribution in [0.5, 0.6) is 0 Å². The lowest BCUT2D eigenvalue weighted by Crippen LogP contribution is -2.53. The summed E-state index contributed by atoms with van der Waals surface area (Å²) in [5, 5.41) is 3.00. The number of hydrogen-bond acceptors (Lipinski definition) is 5. The minimum absolute atomic E-state index is 0.152. The molecule has 9 heteroatoms. The van der Waals surface area contributed by atoms with Crippen molar-refractivity contribution in [1.82, 2.24) is 14.5 Å². The van der Waals surface area contributed by atoms with E-state index in [-0.39, 0.29) is 22.7 Å². The van der Waals surface area contributed by atoms with Crippen LogP contribution in [0.2, 0.25) is 0 Å². The van der Waals surface area contributed by atoms with Gasteiger partial charge in [0.2, 0.25) is 15.9 Å². The second kappa shape index (κ2) is 10.7. The van der Waals surface area contributed by atoms with E-state index < -0.39 is 16.1 Å². The molecule has 0 aromatic heterocycles. The van der Waals surface area contributed by atoms with Crippen LogP contribution in [0.15, 0.2) is 59.5 Å². The Morgan fingerprint density at radius 3 is 2.42 bits per heavy atom. The highest BCUT2D eigenvalue weighted by molar-refractivity contribution is 7.89. The Kier molecular flexibility index (Phi) is 7.75. The number of benzene rings is 2. The predicted molar refractivity (Wildman–Crippen MR) is 123 cm³/mol. The molecule has 0 saturated carbocycles. The molecule has 0 aliphatic carbocycles. The van der Waals surface area contributed by atoms with Crippen molar-refractivity contribution in [3.63, 3.8) is 0 Å². The summed E-state index contributed by atoms with van der Waals surface area (Å²) in [6.07, 6.45) is 2.00. The smallest absolute Gasteiger partial charge is 0.243 e. The Hall–Kier alpha value is -2.33. The van der Waals surface area contributed by atoms with Crippen LogP contribution in [-0.2, 0) is 19.6 Å². The van der Waals surface area contributed by atoms with Gasteiger partial charge in [-0.1, -0.05) is 36.8 Å². The number of nitrogens with zero attached hydrogens (tertiary/aromatic N) is 2. The third-order valence-electron chi connectivity index (χ3n) is 6.32. The molecule has 1 N–H and O–H groups in total. The van der Waals surface area contributed by atoms with E-state index in [1.165, 1.54) is 16.4 Å². The van der Waals surface area contributed by atoms with Gasteiger partial charge in [0, 0.05) is 26.2 Å². The highest BCUT2D eigenvalue weighted by atomic mass is 32.2. The van der Waals surface area contributed by atoms with Crippen LogP contribution in [0.1, 0.15) is 30.9 Å². The molecule has 2 heterocycles. The van der Waals surface area contributed by atoms with Crippen molar-refractivity contribution in [2.45, 2.75) is 36.2 Å². The van der Waals surface area contributed by atoms with Crippen molar-refractivity contribution >= 4 is 15.9 Å². The zero-order valence-corrected chi connectivity index (χ0v) is 19.3. The number of amides is 1. The van der Waals surface area contributed by atoms with Gasteiger partial charge in [0.1, 0.15) is 11.9 Å². The van der Waals surface area contributed by atoms with Crippen LogP contribution in [0.3, 0.4) is 0 Å². The fraction of sp³-hybridized carbons (Fsp3) is 0.458. The first-order valence-electron chi connectivity index (χ1n) is 11.4. The Bertz CT molecular complexity index is 1030. The average molecular weight is 476 g/mol. The van der Waals surface area contributed by atoms with Gasteiger partial charge in [0.05, 0.1) is 24.2 Å². The quantitative estimate of drug-likeness (QED) is 0.666. The Morgan fingerprint density at radius 2 is 1.73 bits per heavy atom. The summed E-state index contributed by atoms with van der Waals surface area (Å²) < 4.78 is 46.7. The van der Waals surface area contributed by atoms with Gasteiger partial charge in [-0.15, -0.1) is 0 Å². The van der Waals surface area contributed by atoms with E-state index in [0.29, 0.717) is 45.8 Å². The second-order valence-corrected chi connectivity index (χ2v) is 10.3. The molecule has 0 spiro atoms. The largest absolute Gasteiger partial charge is 0.379 e. The molecule has 33 heavy (non-hydrogen) atoms. The van der Waals surface area contributed by atoms with E-state index in [0.717, 1.165) is 18.4 Å². The van der Waals surface area contributed by atoms with Gasteiger partial charge in [-0.2, -0.15) is 4.31 Å². The Labute approximate surface area is 194 Å². The lowest BCUT2D eigenvalue weighted by molar-refractivity contribution is -0.126. The molecule has 178 valence electrons. The first-order chi connectivity index (χ1) is 16.0. The number of piperidine rings is 1. The standard InChI is InChI=1S/C24H30FN3O4S/c25-20-11-9-19(10-12-20)23(27-14-16-32-17-15-27)18-26-24(29)22-8-4-5-13-28(22)33(30,31)21-6-2-1-3-7-21/h1-3,6-7,9-12,22-23H,4-5,8,13-18H2,(H,26,29). The molecule has 2 aliphatic rings. The number of halogens is 1. The van der Waals surface area contributed by atoms with Crippen LogP contribution in [0.4, 0.5) is 4.39 Å². The average Bonchev–Trinajstić information content (AvgIpc) is 2.86. The molecule has 2 unspecified atom stereocenters. The van der Waals surface area contributed by atoms with E-state index >= 15 is 0 Å². The third kappa shape index (κ3) is 5.60. The van der Waals surface area contributed by atoms with E-state index in [2.05, 4.69) is 10.2 Å². The van der Waals surface area contributed by atoms with Gasteiger partial charge in [0.25, 0.3) is 0 Å². The maximum atomic E-state index is 13.5. The monoisotopic (exact) mass is 475 g/mol. The first-order valence-corrected chi connectivity index (χ1v) is 12.8. The van der Waals surface area contributed by atoms with Crippen LogP contribution >= 0.6 is 0 Å². The van der Waals surface area contributed by atoms with Crippen LogP contribution in [0.25, 0.3) is 0 Å². The van der Waals surface area contributed by atoms with Crippen molar-refractivity contribution < 1.29 is 22.3 Å². The third-order valence-corrected chi connectivity index (χ3v) is 8.24. The molecule has 0 bridgehead atoms. The summed E-state index contributed by atoms with van der Waals surface area (Å²) in [6, 6.07) is 13.6. The second-order valence-electron chi connectivity index (χ2n) is 8.40. The van der Waals surface area contributed by atoms with Gasteiger partial charge < -0.3 is 10.1 Å². The lowest BCUT2D eigenvalue weighted by Gasteiger charge is -2.36. The summed E-state index contributed by atoms with van der Waals surface area (Å²) in [6.45, 7) is 3.22. The number of ether oxygens (including phenoxy) is 1. The van der Waals surface area contributed by atoms with E-state index in [4.69, 9.17) is 4.74 Å². The number of morpholine rings is 1. The van der Waals surface area contributed by atoms with Crippen LogP contribution < -0.4 is 5.32 Å². The van der Waals surface area contributed by atoms with Gasteiger partial charge in [-0.3, -0.25) is 9.69 Å². The molecule has 2 aliphatic heterocycles. The molecule has 0 radical (unpaired) electrons. The van der Waals surface area contributed by atoms with Crippen molar-refractivity contribution in [2.24, 2.45) is 0 Å². The summed E-state index contributed by atoms with van der Waals surface area (Å²) in [5.74, 6) is -0.609. The molecule has 2 aromatic carbocycles. The number of carbonyl (C=O) groups excluding carboxylic acids is 1. The van der Waals surface area contributed by atoms with Crippen molar-refractivity contribution in [3.8, 4) is 0 Å². The minimum Gasteiger partial charge on any atom is -0.379 e. The summed E-state index contributed by atoms with van der Waals surface area (Å²) in [7, 11) is -3.77. The predicted octanol–water partition coefficient (Wildman–Crippen LogP) is 2.56. The molecule has 2 saturated heterocycles. The van der Waals surface area contributed by atoms with Gasteiger partial charge in [-0.05, 0) is 42.7 Å². The summed E-state index contributed by atoms with van der Waals surface area (Å²) >= 11 is 0. The zero-order chi connectivity index (χ0) is 23.3. The van der Waals surface area contributed by atoms with E-state index in [1.54, 1.807) is 42.5 Å². The number of carbonyl (C=O) groups is 1. The molecular weight excluding hydrogens is 445 g/mol. The normalized spacial score (nSPS) is 21.4. The maximum Gasteiger partial charge on any atom is 0.243 e. The molecular formula is C24H30FN3O4S. The summed E-state index contributed by atoms with van der Waals surface area (Å²) in [5.41, 5.74) is 0.899. The summed E-state index contributed by atoms with van der Waals surface area (Å²) in [4.78, 5) is 15.6. The van der Waals surface area contributed by atoms with Gasteiger partial charge in [0.15, 0.2) is 0 Å². The highest BCUT2D eigenvalue weighted by Crippen LogP contribution is 2.26. The van der Waals surface area contributed by atoms with Crippen LogP contribution in [0, 0.1) is 5.82 Å². The number of rotatable bonds is 7. The van der Waals surface area contributed by atoms with Crippen molar-refractivity contribution in [1.29, 1.82) is 0 Å². The van der Waals surface area contributed by atoms with E-state index in [1.807, 2.05) is 0 Å². The fourth-order valence-electron chi connectivity index (χ4n) is 4.53. The maximum absolute atomic E-state index is 13.5. The molecule has 2 atom stereocenters. The SMILES string of the molecule is O=C(NCC(c1ccc(F)cc1)N1CCOCC1)C1CCCCN1S(=O)(=O)c1ccccc1. The van der Waals surface area contributed by atoms with Gasteiger partial charge >= 0.3 is 0 Å². The van der Waals surface area contributed by atoms with Crippen molar-refractivity contribution in [3.05, 3.63) is 66.0 Å². The molecule has 7 nitrogen and oxygen atoms in total. The van der Waals surface area contributed by atoms with Crippen LogP contribution in [-0.4, -0.2) is 69.0 Å². The topological polar surface area (TPSA) is 79.0 Å². The lowest BCUT2D eigenvalue weighted by atomic mass is 10.0. The number of nitrogens with one attached hydrogen (secondary N) is 1. The molecule has 2 aromatic rings. The first kappa shape index (κ1) is 23.8. The van der Waals surface area contributed by atoms with Crippen molar-refractivity contribution in [2.75, 3.05) is 39.4 Å². The highest BCUT2D eigenvalue weighted by Gasteiger charge is 2.38. The molecule has 4 rings (SSSR count). The fourth-order valence-corrected chi connectivity index (χ4v) is 6.21. The number of sulfonamides is 1. The Morgan fingerprint density at radius 1 is 1.03 bits per heavy atom. The zero-order valence-electron chi connectivity index (χ0n) is 18.5. The number of hydrogen-bond donors (Lipinski definition) is 1. The minimum atomic E-state index is -3.77. The Balaban J connectivity index is 1.50.